The molecular weight excluding hydrogens is 525 g/mol. The molecule has 1 amide bonds. The van der Waals surface area contributed by atoms with Crippen molar-refractivity contribution in [1.82, 2.24) is 0 Å². The maximum absolute atomic E-state index is 12.7. The Morgan fingerprint density at radius 3 is 2.56 bits per heavy atom. The molecule has 4 aliphatic rings. The lowest BCUT2D eigenvalue weighted by Crippen LogP contribution is -2.51. The Balaban J connectivity index is 1.21. The molecule has 6 unspecified atom stereocenters. The summed E-state index contributed by atoms with van der Waals surface area (Å²) in [6, 6.07) is 5.09. The van der Waals surface area contributed by atoms with Gasteiger partial charge in [-0.05, 0) is 109 Å². The summed E-state index contributed by atoms with van der Waals surface area (Å²) in [6.45, 7) is 12.5. The second-order valence-electron chi connectivity index (χ2n) is 14.3. The van der Waals surface area contributed by atoms with Gasteiger partial charge in [-0.15, -0.1) is 0 Å². The number of allylic oxidation sites excluding steroid dienone is 1. The van der Waals surface area contributed by atoms with Crippen LogP contribution in [0.3, 0.4) is 0 Å². The van der Waals surface area contributed by atoms with Gasteiger partial charge in [0.15, 0.2) is 0 Å². The van der Waals surface area contributed by atoms with Crippen molar-refractivity contribution in [2.24, 2.45) is 46.3 Å². The molecule has 3 nitrogen and oxygen atoms in total. The number of halogens is 2. The summed E-state index contributed by atoms with van der Waals surface area (Å²) in [6.07, 6.45) is 16.0. The lowest BCUT2D eigenvalue weighted by molar-refractivity contribution is -0.0577. The van der Waals surface area contributed by atoms with Gasteiger partial charge in [-0.2, -0.15) is 0 Å². The van der Waals surface area contributed by atoms with E-state index in [2.05, 4.69) is 46.0 Å². The van der Waals surface area contributed by atoms with Gasteiger partial charge in [0.1, 0.15) is 6.10 Å². The third-order valence-corrected chi connectivity index (χ3v) is 12.4. The van der Waals surface area contributed by atoms with Crippen molar-refractivity contribution in [3.05, 3.63) is 39.9 Å². The van der Waals surface area contributed by atoms with Crippen LogP contribution in [-0.2, 0) is 4.74 Å². The standard InChI is InChI=1S/C34H49Cl2NO2/c1-21(2)7-6-8-22(3)27-12-13-28-26-11-9-23-19-25(15-17-33(23,4)29(26)16-18-34(27,28)5)39-32(38)37-24-10-14-30(35)31(36)20-24/h9-10,14,20-22,25-29H,6-8,11-13,15-19H2,1-5H3,(H,37,38)/t22?,25?,26?,27?,28?,29?,33-,34+/m0/s1. The Bertz CT molecular complexity index is 1080. The van der Waals surface area contributed by atoms with E-state index in [4.69, 9.17) is 27.9 Å². The van der Waals surface area contributed by atoms with Gasteiger partial charge in [0.2, 0.25) is 0 Å². The molecular formula is C34H49Cl2NO2. The zero-order chi connectivity index (χ0) is 27.9. The van der Waals surface area contributed by atoms with Crippen molar-refractivity contribution in [3.8, 4) is 0 Å². The lowest BCUT2D eigenvalue weighted by atomic mass is 9.47. The predicted octanol–water partition coefficient (Wildman–Crippen LogP) is 11.0. The molecule has 0 bridgehead atoms. The van der Waals surface area contributed by atoms with Crippen LogP contribution in [0, 0.1) is 46.3 Å². The van der Waals surface area contributed by atoms with Crippen molar-refractivity contribution in [2.75, 3.05) is 5.32 Å². The Hall–Kier alpha value is -1.19. The summed E-state index contributed by atoms with van der Waals surface area (Å²) in [5.74, 6) is 5.03. The number of amides is 1. The number of carbonyl (C=O) groups is 1. The van der Waals surface area contributed by atoms with Crippen LogP contribution in [0.1, 0.15) is 105 Å². The average molecular weight is 575 g/mol. The number of rotatable bonds is 7. The second kappa shape index (κ2) is 11.6. The Labute approximate surface area is 246 Å². The van der Waals surface area contributed by atoms with Gasteiger partial charge in [0, 0.05) is 12.1 Å². The molecule has 39 heavy (non-hydrogen) atoms. The predicted molar refractivity (Wildman–Crippen MR) is 163 cm³/mol. The highest BCUT2D eigenvalue weighted by Crippen LogP contribution is 2.67. The highest BCUT2D eigenvalue weighted by Gasteiger charge is 2.59. The third kappa shape index (κ3) is 5.78. The van der Waals surface area contributed by atoms with Gasteiger partial charge >= 0.3 is 6.09 Å². The van der Waals surface area contributed by atoms with E-state index in [0.717, 1.165) is 54.8 Å². The summed E-state index contributed by atoms with van der Waals surface area (Å²) in [7, 11) is 0. The molecule has 0 radical (unpaired) electrons. The van der Waals surface area contributed by atoms with E-state index in [1.54, 1.807) is 23.8 Å². The quantitative estimate of drug-likeness (QED) is 0.329. The molecule has 0 aliphatic heterocycles. The molecule has 1 aromatic rings. The van der Waals surface area contributed by atoms with Gasteiger partial charge in [-0.3, -0.25) is 5.32 Å². The van der Waals surface area contributed by atoms with E-state index >= 15 is 0 Å². The minimum Gasteiger partial charge on any atom is -0.446 e. The van der Waals surface area contributed by atoms with Crippen LogP contribution >= 0.6 is 23.2 Å². The normalized spacial score (nSPS) is 36.4. The molecule has 3 saturated carbocycles. The summed E-state index contributed by atoms with van der Waals surface area (Å²) < 4.78 is 5.90. The van der Waals surface area contributed by atoms with E-state index < -0.39 is 6.09 Å². The molecule has 216 valence electrons. The maximum Gasteiger partial charge on any atom is 0.411 e. The first kappa shape index (κ1) is 29.3. The number of hydrogen-bond acceptors (Lipinski definition) is 2. The van der Waals surface area contributed by atoms with E-state index in [1.165, 1.54) is 51.4 Å². The zero-order valence-corrected chi connectivity index (χ0v) is 26.2. The van der Waals surface area contributed by atoms with Crippen molar-refractivity contribution >= 4 is 35.0 Å². The molecule has 0 heterocycles. The first-order valence-electron chi connectivity index (χ1n) is 15.6. The van der Waals surface area contributed by atoms with Crippen LogP contribution in [0.5, 0.6) is 0 Å². The average Bonchev–Trinajstić information content (AvgIpc) is 3.23. The smallest absolute Gasteiger partial charge is 0.411 e. The van der Waals surface area contributed by atoms with Gasteiger partial charge in [-0.25, -0.2) is 4.79 Å². The second-order valence-corrected chi connectivity index (χ2v) is 15.1. The molecule has 0 aromatic heterocycles. The minimum absolute atomic E-state index is 0.0694. The van der Waals surface area contributed by atoms with E-state index in [0.29, 0.717) is 21.1 Å². The van der Waals surface area contributed by atoms with Crippen LogP contribution in [0.15, 0.2) is 29.8 Å². The third-order valence-electron chi connectivity index (χ3n) is 11.7. The van der Waals surface area contributed by atoms with E-state index in [1.807, 2.05) is 0 Å². The number of carbonyl (C=O) groups excluding carboxylic acids is 1. The van der Waals surface area contributed by atoms with Gasteiger partial charge in [0.05, 0.1) is 10.0 Å². The fraction of sp³-hybridized carbons (Fsp3) is 0.735. The molecule has 5 heteroatoms. The highest BCUT2D eigenvalue weighted by molar-refractivity contribution is 6.42. The number of nitrogens with one attached hydrogen (secondary N) is 1. The van der Waals surface area contributed by atoms with Crippen molar-refractivity contribution in [3.63, 3.8) is 0 Å². The van der Waals surface area contributed by atoms with Crippen LogP contribution in [-0.4, -0.2) is 12.2 Å². The van der Waals surface area contributed by atoms with Crippen molar-refractivity contribution in [2.45, 2.75) is 111 Å². The maximum atomic E-state index is 12.7. The minimum atomic E-state index is -0.413. The summed E-state index contributed by atoms with van der Waals surface area (Å²) in [5, 5.41) is 3.71. The number of benzene rings is 1. The molecule has 8 atom stereocenters. The SMILES string of the molecule is CC(C)CCCC(C)C1CCC2C3CC=C4CC(OC(=O)Nc5ccc(Cl)c(Cl)c5)CC[C@]4(C)C3CC[C@]12C. The zero-order valence-electron chi connectivity index (χ0n) is 24.7. The summed E-state index contributed by atoms with van der Waals surface area (Å²) >= 11 is 12.1. The van der Waals surface area contributed by atoms with Crippen LogP contribution in [0.2, 0.25) is 10.0 Å². The fourth-order valence-corrected chi connectivity index (χ4v) is 9.92. The molecule has 5 rings (SSSR count). The van der Waals surface area contributed by atoms with Gasteiger partial charge in [0.25, 0.3) is 0 Å². The van der Waals surface area contributed by atoms with Crippen LogP contribution < -0.4 is 5.32 Å². The Morgan fingerprint density at radius 1 is 1.03 bits per heavy atom. The number of fused-ring (bicyclic) bond motifs is 5. The molecule has 0 saturated heterocycles. The van der Waals surface area contributed by atoms with E-state index in [-0.39, 0.29) is 11.5 Å². The molecule has 1 aromatic carbocycles. The fourth-order valence-electron chi connectivity index (χ4n) is 9.63. The topological polar surface area (TPSA) is 38.3 Å². The Morgan fingerprint density at radius 2 is 1.82 bits per heavy atom. The highest BCUT2D eigenvalue weighted by atomic mass is 35.5. The van der Waals surface area contributed by atoms with Crippen molar-refractivity contribution < 1.29 is 9.53 Å². The monoisotopic (exact) mass is 573 g/mol. The van der Waals surface area contributed by atoms with Crippen molar-refractivity contribution in [1.29, 1.82) is 0 Å². The van der Waals surface area contributed by atoms with E-state index in [9.17, 15) is 4.79 Å². The summed E-state index contributed by atoms with van der Waals surface area (Å²) in [4.78, 5) is 12.7. The van der Waals surface area contributed by atoms with Gasteiger partial charge < -0.3 is 4.74 Å². The first-order chi connectivity index (χ1) is 18.5. The van der Waals surface area contributed by atoms with Crippen LogP contribution in [0.4, 0.5) is 10.5 Å². The number of anilines is 1. The number of ether oxygens (including phenoxy) is 1. The Kier molecular flexibility index (Phi) is 8.71. The molecule has 4 aliphatic carbocycles. The molecule has 3 fully saturated rings. The lowest BCUT2D eigenvalue weighted by Gasteiger charge is -2.58. The van der Waals surface area contributed by atoms with Gasteiger partial charge in [-0.1, -0.05) is 88.7 Å². The molecule has 1 N–H and O–H groups in total. The molecule has 0 spiro atoms. The van der Waals surface area contributed by atoms with Crippen LogP contribution in [0.25, 0.3) is 0 Å². The largest absolute Gasteiger partial charge is 0.446 e. The summed E-state index contributed by atoms with van der Waals surface area (Å²) in [5.41, 5.74) is 2.92. The first-order valence-corrected chi connectivity index (χ1v) is 16.4. The number of hydrogen-bond donors (Lipinski definition) is 1.